The van der Waals surface area contributed by atoms with Gasteiger partial charge in [-0.05, 0) is 83.2 Å². The Labute approximate surface area is 254 Å². The number of ether oxygens (including phenoxy) is 2. The van der Waals surface area contributed by atoms with Gasteiger partial charge >= 0.3 is 24.4 Å². The molecule has 4 rings (SSSR count). The number of esters is 1. The molecule has 3 saturated heterocycles. The molecule has 1 spiro atoms. The van der Waals surface area contributed by atoms with Crippen LogP contribution in [-0.4, -0.2) is 109 Å². The van der Waals surface area contributed by atoms with Crippen LogP contribution in [0.1, 0.15) is 57.6 Å². The summed E-state index contributed by atoms with van der Waals surface area (Å²) in [5.41, 5.74) is 2.49. The molecule has 3 heterocycles. The number of carbonyl (C=O) groups is 2. The molecule has 248 valence electrons. The van der Waals surface area contributed by atoms with Crippen molar-refractivity contribution in [2.45, 2.75) is 89.5 Å². The van der Waals surface area contributed by atoms with E-state index >= 15 is 0 Å². The van der Waals surface area contributed by atoms with Crippen molar-refractivity contribution in [3.05, 3.63) is 29.3 Å². The second-order valence-electron chi connectivity index (χ2n) is 13.1. The molecule has 0 N–H and O–H groups in total. The largest absolute Gasteiger partial charge is 0.459 e. The summed E-state index contributed by atoms with van der Waals surface area (Å²) in [7, 11) is 0. The molecule has 0 atom stereocenters. The Morgan fingerprint density at radius 1 is 0.864 bits per heavy atom. The first kappa shape index (κ1) is 34.1. The highest BCUT2D eigenvalue weighted by molar-refractivity contribution is 5.72. The second-order valence-corrected chi connectivity index (χ2v) is 13.1. The molecule has 8 nitrogen and oxygen atoms in total. The fourth-order valence-electron chi connectivity index (χ4n) is 6.46. The Morgan fingerprint density at radius 2 is 1.48 bits per heavy atom. The Balaban J connectivity index is 1.34. The number of benzene rings is 1. The van der Waals surface area contributed by atoms with Crippen LogP contribution in [0, 0.1) is 6.92 Å². The van der Waals surface area contributed by atoms with E-state index in [0.29, 0.717) is 19.4 Å². The van der Waals surface area contributed by atoms with E-state index in [2.05, 4.69) is 37.6 Å². The number of nitrogens with zero attached hydrogens (tertiary/aromatic N) is 4. The number of alkyl halides is 6. The lowest BCUT2D eigenvalue weighted by Gasteiger charge is -2.45. The lowest BCUT2D eigenvalue weighted by Crippen LogP contribution is -2.54. The van der Waals surface area contributed by atoms with Gasteiger partial charge in [-0.2, -0.15) is 26.3 Å². The third-order valence-corrected chi connectivity index (χ3v) is 8.51. The minimum Gasteiger partial charge on any atom is -0.459 e. The molecule has 14 heteroatoms. The molecule has 0 bridgehead atoms. The van der Waals surface area contributed by atoms with E-state index in [1.165, 1.54) is 0 Å². The number of hydrogen-bond acceptors (Lipinski definition) is 7. The molecular weight excluding hydrogens is 594 g/mol. The fourth-order valence-corrected chi connectivity index (χ4v) is 6.46. The number of anilines is 1. The van der Waals surface area contributed by atoms with E-state index in [1.807, 2.05) is 27.7 Å². The monoisotopic (exact) mass is 636 g/mol. The first-order chi connectivity index (χ1) is 20.3. The maximum atomic E-state index is 12.9. The van der Waals surface area contributed by atoms with E-state index in [-0.39, 0.29) is 31.1 Å². The summed E-state index contributed by atoms with van der Waals surface area (Å²) in [5, 5.41) is 0. The van der Waals surface area contributed by atoms with Gasteiger partial charge in [0, 0.05) is 57.0 Å². The summed E-state index contributed by atoms with van der Waals surface area (Å²) in [6, 6.07) is 6.41. The SMILES string of the molecule is Cc1cc(CN2CCCC23CCN(C(=O)OC(C(F)(F)F)C(F)(F)F)CC3)cc(N2CCN(CC(=O)OC(C)(C)C)CC2)c1. The Morgan fingerprint density at radius 3 is 2.05 bits per heavy atom. The minimum absolute atomic E-state index is 0.0183. The zero-order valence-electron chi connectivity index (χ0n) is 25.7. The molecule has 1 aromatic carbocycles. The molecule has 1 amide bonds. The van der Waals surface area contributed by atoms with Crippen molar-refractivity contribution in [1.29, 1.82) is 0 Å². The molecule has 44 heavy (non-hydrogen) atoms. The van der Waals surface area contributed by atoms with Gasteiger partial charge < -0.3 is 19.3 Å². The molecule has 0 saturated carbocycles. The fraction of sp³-hybridized carbons (Fsp3) is 0.733. The van der Waals surface area contributed by atoms with E-state index < -0.39 is 30.2 Å². The van der Waals surface area contributed by atoms with Gasteiger partial charge in [-0.15, -0.1) is 0 Å². The molecule has 0 aromatic heterocycles. The van der Waals surface area contributed by atoms with Crippen molar-refractivity contribution < 1.29 is 45.4 Å². The predicted molar refractivity (Wildman–Crippen MR) is 151 cm³/mol. The highest BCUT2D eigenvalue weighted by Crippen LogP contribution is 2.41. The molecule has 0 unspecified atom stereocenters. The van der Waals surface area contributed by atoms with E-state index in [9.17, 15) is 35.9 Å². The number of piperazine rings is 1. The Hall–Kier alpha value is -2.74. The van der Waals surface area contributed by atoms with Gasteiger partial charge in [-0.3, -0.25) is 14.6 Å². The number of aryl methyl sites for hydroxylation is 1. The van der Waals surface area contributed by atoms with Crippen LogP contribution >= 0.6 is 0 Å². The standard InChI is InChI=1S/C30H42F6N4O4/c1-21-16-22(18-23(17-21)38-14-12-37(13-15-38)20-24(41)44-27(2,3)4)19-40-9-5-6-28(40)7-10-39(11-8-28)26(42)43-25(29(31,32)33)30(34,35)36/h16-18,25H,5-15,19-20H2,1-4H3. The molecule has 3 fully saturated rings. The normalized spacial score (nSPS) is 20.4. The topological polar surface area (TPSA) is 65.6 Å². The van der Waals surface area contributed by atoms with E-state index in [0.717, 1.165) is 67.3 Å². The van der Waals surface area contributed by atoms with Crippen LogP contribution in [0.3, 0.4) is 0 Å². The van der Waals surface area contributed by atoms with Gasteiger partial charge in [-0.1, -0.05) is 6.07 Å². The van der Waals surface area contributed by atoms with Crippen LogP contribution in [-0.2, 0) is 20.8 Å². The molecule has 1 aromatic rings. The van der Waals surface area contributed by atoms with Crippen molar-refractivity contribution in [2.24, 2.45) is 0 Å². The zero-order valence-corrected chi connectivity index (χ0v) is 25.7. The smallest absolute Gasteiger partial charge is 0.434 e. The highest BCUT2D eigenvalue weighted by atomic mass is 19.4. The summed E-state index contributed by atoms with van der Waals surface area (Å²) in [6.45, 7) is 12.3. The third-order valence-electron chi connectivity index (χ3n) is 8.51. The van der Waals surface area contributed by atoms with Crippen molar-refractivity contribution in [2.75, 3.05) is 57.3 Å². The maximum absolute atomic E-state index is 12.9. The number of piperidine rings is 1. The van der Waals surface area contributed by atoms with Gasteiger partial charge in [0.15, 0.2) is 0 Å². The number of carbonyl (C=O) groups excluding carboxylic acids is 2. The number of likely N-dealkylation sites (tertiary alicyclic amines) is 2. The first-order valence-corrected chi connectivity index (χ1v) is 15.0. The third kappa shape index (κ3) is 8.70. The lowest BCUT2D eigenvalue weighted by atomic mass is 9.85. The van der Waals surface area contributed by atoms with Crippen molar-refractivity contribution in [3.8, 4) is 0 Å². The van der Waals surface area contributed by atoms with Crippen LogP contribution in [0.4, 0.5) is 36.8 Å². The zero-order chi connectivity index (χ0) is 32.5. The molecule has 0 aliphatic carbocycles. The minimum atomic E-state index is -5.74. The molecule has 0 radical (unpaired) electrons. The number of rotatable bonds is 6. The Bertz CT molecular complexity index is 1160. The first-order valence-electron chi connectivity index (χ1n) is 15.0. The molecule has 3 aliphatic heterocycles. The van der Waals surface area contributed by atoms with Crippen LogP contribution in [0.5, 0.6) is 0 Å². The van der Waals surface area contributed by atoms with E-state index in [1.54, 1.807) is 0 Å². The summed E-state index contributed by atoms with van der Waals surface area (Å²) in [5.74, 6) is -0.238. The highest BCUT2D eigenvalue weighted by Gasteiger charge is 2.60. The summed E-state index contributed by atoms with van der Waals surface area (Å²) in [4.78, 5) is 32.2. The lowest BCUT2D eigenvalue weighted by molar-refractivity contribution is -0.308. The van der Waals surface area contributed by atoms with Crippen LogP contribution in [0.15, 0.2) is 18.2 Å². The summed E-state index contributed by atoms with van der Waals surface area (Å²) in [6.07, 6.45) is -14.6. The number of hydrogen-bond donors (Lipinski definition) is 0. The number of halogens is 6. The van der Waals surface area contributed by atoms with Crippen LogP contribution < -0.4 is 4.90 Å². The average Bonchev–Trinajstić information content (AvgIpc) is 3.26. The van der Waals surface area contributed by atoms with Crippen molar-refractivity contribution in [3.63, 3.8) is 0 Å². The number of amides is 1. The molecule has 3 aliphatic rings. The summed E-state index contributed by atoms with van der Waals surface area (Å²) < 4.78 is 86.7. The van der Waals surface area contributed by atoms with Crippen LogP contribution in [0.2, 0.25) is 0 Å². The van der Waals surface area contributed by atoms with Crippen molar-refractivity contribution in [1.82, 2.24) is 14.7 Å². The van der Waals surface area contributed by atoms with Gasteiger partial charge in [0.25, 0.3) is 6.10 Å². The van der Waals surface area contributed by atoms with Gasteiger partial charge in [-0.25, -0.2) is 4.79 Å². The van der Waals surface area contributed by atoms with Crippen LogP contribution in [0.25, 0.3) is 0 Å². The van der Waals surface area contributed by atoms with E-state index in [4.69, 9.17) is 4.74 Å². The van der Waals surface area contributed by atoms with Gasteiger partial charge in [0.1, 0.15) is 5.60 Å². The molecular formula is C30H42F6N4O4. The van der Waals surface area contributed by atoms with Crippen molar-refractivity contribution >= 4 is 17.7 Å². The Kier molecular flexibility index (Phi) is 10.0. The average molecular weight is 637 g/mol. The maximum Gasteiger partial charge on any atom is 0.434 e. The summed E-state index contributed by atoms with van der Waals surface area (Å²) >= 11 is 0. The predicted octanol–water partition coefficient (Wildman–Crippen LogP) is 5.52. The second kappa shape index (κ2) is 12.9. The van der Waals surface area contributed by atoms with Gasteiger partial charge in [0.05, 0.1) is 6.54 Å². The van der Waals surface area contributed by atoms with Gasteiger partial charge in [0.2, 0.25) is 0 Å². The quantitative estimate of drug-likeness (QED) is 0.301.